The fraction of sp³-hybridized carbons (Fsp3) is 0.571. The lowest BCUT2D eigenvalue weighted by Gasteiger charge is -2.36. The minimum atomic E-state index is 0.732. The molecule has 0 aliphatic carbocycles. The van der Waals surface area contributed by atoms with Crippen molar-refractivity contribution in [2.24, 2.45) is 0 Å². The Morgan fingerprint density at radius 3 is 2.71 bits per heavy atom. The highest BCUT2D eigenvalue weighted by Crippen LogP contribution is 2.33. The third-order valence-electron chi connectivity index (χ3n) is 4.16. The first-order chi connectivity index (χ1) is 8.24. The molecule has 0 bridgehead atoms. The van der Waals surface area contributed by atoms with Crippen LogP contribution in [0.25, 0.3) is 0 Å². The molecule has 3 nitrogen and oxygen atoms in total. The minimum absolute atomic E-state index is 0.732. The van der Waals surface area contributed by atoms with Crippen molar-refractivity contribution in [2.75, 3.05) is 37.3 Å². The van der Waals surface area contributed by atoms with E-state index in [0.717, 1.165) is 18.2 Å². The first-order valence-corrected chi connectivity index (χ1v) is 6.57. The topological polar surface area (TPSA) is 32.5 Å². The van der Waals surface area contributed by atoms with Gasteiger partial charge in [0.15, 0.2) is 0 Å². The van der Waals surface area contributed by atoms with Gasteiger partial charge in [-0.1, -0.05) is 0 Å². The molecule has 0 amide bonds. The third-order valence-corrected chi connectivity index (χ3v) is 4.16. The number of nitrogen functional groups attached to an aromatic ring is 1. The van der Waals surface area contributed by atoms with Crippen molar-refractivity contribution in [1.29, 1.82) is 0 Å². The maximum atomic E-state index is 5.85. The summed E-state index contributed by atoms with van der Waals surface area (Å²) in [4.78, 5) is 5.03. The van der Waals surface area contributed by atoms with Gasteiger partial charge in [0.25, 0.3) is 0 Å². The number of nitrogens with zero attached hydrogens (tertiary/aromatic N) is 2. The van der Waals surface area contributed by atoms with Crippen LogP contribution in [0.15, 0.2) is 18.2 Å². The maximum Gasteiger partial charge on any atom is 0.0403 e. The second-order valence-corrected chi connectivity index (χ2v) is 5.37. The molecule has 92 valence electrons. The predicted molar refractivity (Wildman–Crippen MR) is 72.4 cm³/mol. The van der Waals surface area contributed by atoms with E-state index >= 15 is 0 Å². The normalized spacial score (nSPS) is 21.8. The smallest absolute Gasteiger partial charge is 0.0403 e. The summed E-state index contributed by atoms with van der Waals surface area (Å²) in [6.07, 6.45) is 3.74. The lowest BCUT2D eigenvalue weighted by atomic mass is 10.0. The van der Waals surface area contributed by atoms with Crippen molar-refractivity contribution in [3.05, 3.63) is 23.8 Å². The highest BCUT2D eigenvalue weighted by molar-refractivity contribution is 5.63. The van der Waals surface area contributed by atoms with Crippen LogP contribution in [0.4, 0.5) is 11.4 Å². The molecule has 1 aromatic rings. The number of anilines is 2. The molecule has 17 heavy (non-hydrogen) atoms. The highest BCUT2D eigenvalue weighted by atomic mass is 15.2. The van der Waals surface area contributed by atoms with Gasteiger partial charge in [0, 0.05) is 24.0 Å². The Morgan fingerprint density at radius 2 is 1.94 bits per heavy atom. The summed E-state index contributed by atoms with van der Waals surface area (Å²) in [6, 6.07) is 7.11. The molecule has 0 spiro atoms. The first-order valence-electron chi connectivity index (χ1n) is 6.57. The Kier molecular flexibility index (Phi) is 2.71. The zero-order chi connectivity index (χ0) is 11.8. The van der Waals surface area contributed by atoms with Gasteiger partial charge in [-0.15, -0.1) is 0 Å². The molecule has 0 aromatic heterocycles. The van der Waals surface area contributed by atoms with Crippen molar-refractivity contribution >= 4 is 11.4 Å². The van der Waals surface area contributed by atoms with Gasteiger partial charge in [-0.3, -0.25) is 0 Å². The average Bonchev–Trinajstić information content (AvgIpc) is 2.73. The second-order valence-electron chi connectivity index (χ2n) is 5.37. The lowest BCUT2D eigenvalue weighted by Crippen LogP contribution is -2.43. The zero-order valence-electron chi connectivity index (χ0n) is 10.5. The Bertz CT molecular complexity index is 408. The van der Waals surface area contributed by atoms with Crippen molar-refractivity contribution in [1.82, 2.24) is 4.90 Å². The molecule has 3 heteroatoms. The fourth-order valence-corrected chi connectivity index (χ4v) is 3.13. The predicted octanol–water partition coefficient (Wildman–Crippen LogP) is 1.73. The molecule has 2 heterocycles. The van der Waals surface area contributed by atoms with E-state index in [-0.39, 0.29) is 0 Å². The SMILES string of the molecule is CN1CCC(N2CCc3cc(N)ccc32)CC1. The van der Waals surface area contributed by atoms with Gasteiger partial charge >= 0.3 is 0 Å². The third kappa shape index (κ3) is 2.00. The van der Waals surface area contributed by atoms with Crippen LogP contribution in [0.2, 0.25) is 0 Å². The Morgan fingerprint density at radius 1 is 1.18 bits per heavy atom. The lowest BCUT2D eigenvalue weighted by molar-refractivity contribution is 0.251. The highest BCUT2D eigenvalue weighted by Gasteiger charge is 2.28. The first kappa shape index (κ1) is 10.9. The summed E-state index contributed by atoms with van der Waals surface area (Å²) in [5.74, 6) is 0. The van der Waals surface area contributed by atoms with E-state index in [2.05, 4.69) is 29.0 Å². The van der Waals surface area contributed by atoms with Crippen LogP contribution in [-0.2, 0) is 6.42 Å². The van der Waals surface area contributed by atoms with Crippen LogP contribution < -0.4 is 10.6 Å². The van der Waals surface area contributed by atoms with Crippen molar-refractivity contribution in [3.8, 4) is 0 Å². The van der Waals surface area contributed by atoms with E-state index in [4.69, 9.17) is 5.73 Å². The molecule has 0 unspecified atom stereocenters. The van der Waals surface area contributed by atoms with Crippen molar-refractivity contribution in [3.63, 3.8) is 0 Å². The van der Waals surface area contributed by atoms with Gasteiger partial charge in [-0.2, -0.15) is 0 Å². The molecule has 1 fully saturated rings. The van der Waals surface area contributed by atoms with Gasteiger partial charge in [0.1, 0.15) is 0 Å². The molecule has 2 N–H and O–H groups in total. The van der Waals surface area contributed by atoms with Gasteiger partial charge < -0.3 is 15.5 Å². The Labute approximate surface area is 103 Å². The molecular formula is C14H21N3. The molecule has 1 aromatic carbocycles. The van der Waals surface area contributed by atoms with Crippen LogP contribution in [-0.4, -0.2) is 37.6 Å². The number of rotatable bonds is 1. The molecule has 0 saturated carbocycles. The van der Waals surface area contributed by atoms with Gasteiger partial charge in [-0.25, -0.2) is 0 Å². The molecule has 0 atom stereocenters. The monoisotopic (exact) mass is 231 g/mol. The molecule has 2 aliphatic heterocycles. The molecule has 1 saturated heterocycles. The number of hydrogen-bond acceptors (Lipinski definition) is 3. The number of likely N-dealkylation sites (tertiary alicyclic amines) is 1. The van der Waals surface area contributed by atoms with Crippen LogP contribution in [0.3, 0.4) is 0 Å². The van der Waals surface area contributed by atoms with Crippen molar-refractivity contribution < 1.29 is 0 Å². The van der Waals surface area contributed by atoms with Gasteiger partial charge in [0.05, 0.1) is 0 Å². The number of benzene rings is 1. The second kappa shape index (κ2) is 4.22. The average molecular weight is 231 g/mol. The summed E-state index contributed by atoms with van der Waals surface area (Å²) < 4.78 is 0. The minimum Gasteiger partial charge on any atom is -0.399 e. The molecular weight excluding hydrogens is 210 g/mol. The number of piperidine rings is 1. The van der Waals surface area contributed by atoms with E-state index in [9.17, 15) is 0 Å². The maximum absolute atomic E-state index is 5.85. The summed E-state index contributed by atoms with van der Waals surface area (Å²) >= 11 is 0. The number of fused-ring (bicyclic) bond motifs is 1. The summed E-state index contributed by atoms with van der Waals surface area (Å²) in [5.41, 5.74) is 9.60. The van der Waals surface area contributed by atoms with Crippen LogP contribution >= 0.6 is 0 Å². The van der Waals surface area contributed by atoms with Crippen molar-refractivity contribution in [2.45, 2.75) is 25.3 Å². The Hall–Kier alpha value is -1.22. The summed E-state index contributed by atoms with van der Waals surface area (Å²) in [6.45, 7) is 3.63. The fourth-order valence-electron chi connectivity index (χ4n) is 3.13. The standard InChI is InChI=1S/C14H21N3/c1-16-7-5-13(6-8-16)17-9-4-11-10-12(15)2-3-14(11)17/h2-3,10,13H,4-9,15H2,1H3. The largest absolute Gasteiger partial charge is 0.399 e. The quantitative estimate of drug-likeness (QED) is 0.747. The van der Waals surface area contributed by atoms with Crippen LogP contribution in [0, 0.1) is 0 Å². The number of hydrogen-bond donors (Lipinski definition) is 1. The van der Waals surface area contributed by atoms with Crippen LogP contribution in [0.1, 0.15) is 18.4 Å². The van der Waals surface area contributed by atoms with E-state index in [0.29, 0.717) is 0 Å². The van der Waals surface area contributed by atoms with E-state index in [1.165, 1.54) is 43.7 Å². The van der Waals surface area contributed by atoms with Gasteiger partial charge in [-0.05, 0) is 63.2 Å². The van der Waals surface area contributed by atoms with E-state index in [1.807, 2.05) is 6.07 Å². The van der Waals surface area contributed by atoms with E-state index in [1.54, 1.807) is 0 Å². The van der Waals surface area contributed by atoms with Crippen LogP contribution in [0.5, 0.6) is 0 Å². The zero-order valence-corrected chi connectivity index (χ0v) is 10.5. The molecule has 3 rings (SSSR count). The molecule has 2 aliphatic rings. The van der Waals surface area contributed by atoms with E-state index < -0.39 is 0 Å². The Balaban J connectivity index is 1.79. The summed E-state index contributed by atoms with van der Waals surface area (Å²) in [7, 11) is 2.22. The van der Waals surface area contributed by atoms with Gasteiger partial charge in [0.2, 0.25) is 0 Å². The number of nitrogens with two attached hydrogens (primary N) is 1. The molecule has 0 radical (unpaired) electrons. The summed E-state index contributed by atoms with van der Waals surface area (Å²) in [5, 5.41) is 0.